The first-order valence-electron chi connectivity index (χ1n) is 12.3. The summed E-state index contributed by atoms with van der Waals surface area (Å²) in [6.45, 7) is 1.99. The number of nitrogens with zero attached hydrogens (tertiary/aromatic N) is 1. The van der Waals surface area contributed by atoms with E-state index in [4.69, 9.17) is 27.0 Å². The predicted octanol–water partition coefficient (Wildman–Crippen LogP) is 5.28. The molecule has 11 heteroatoms. The smallest absolute Gasteiger partial charge is 0.235 e. The maximum atomic E-state index is 13.3. The first-order chi connectivity index (χ1) is 18.2. The van der Waals surface area contributed by atoms with E-state index in [-0.39, 0.29) is 42.2 Å². The molecule has 8 nitrogen and oxygen atoms in total. The summed E-state index contributed by atoms with van der Waals surface area (Å²) in [5.74, 6) is 0.643. The molecule has 0 amide bonds. The van der Waals surface area contributed by atoms with Crippen molar-refractivity contribution in [3.05, 3.63) is 107 Å². The Balaban J connectivity index is 0.00000220. The second kappa shape index (κ2) is 12.2. The molecule has 1 unspecified atom stereocenters. The van der Waals surface area contributed by atoms with Gasteiger partial charge in [0.1, 0.15) is 24.0 Å². The molecule has 4 aromatic rings. The lowest BCUT2D eigenvalue weighted by Gasteiger charge is -2.27. The zero-order valence-electron chi connectivity index (χ0n) is 21.8. The van der Waals surface area contributed by atoms with Gasteiger partial charge >= 0.3 is 0 Å². The van der Waals surface area contributed by atoms with Crippen LogP contribution in [0, 0.1) is 10.8 Å². The van der Waals surface area contributed by atoms with E-state index in [1.54, 1.807) is 25.1 Å². The average Bonchev–Trinajstić information content (AvgIpc) is 3.31. The number of nitrogens with two attached hydrogens (primary N) is 2. The zero-order chi connectivity index (χ0) is 27.0. The van der Waals surface area contributed by atoms with Crippen LogP contribution >= 0.6 is 24.8 Å². The Labute approximate surface area is 246 Å². The number of sulfonamides is 1. The molecule has 1 heterocycles. The van der Waals surface area contributed by atoms with Crippen molar-refractivity contribution in [3.8, 4) is 5.75 Å². The lowest BCUT2D eigenvalue weighted by molar-refractivity contribution is 0.306. The van der Waals surface area contributed by atoms with Gasteiger partial charge in [0.15, 0.2) is 0 Å². The molecule has 1 aliphatic heterocycles. The Kier molecular flexibility index (Phi) is 9.35. The van der Waals surface area contributed by atoms with Crippen LogP contribution in [0.15, 0.2) is 78.9 Å². The summed E-state index contributed by atoms with van der Waals surface area (Å²) in [7, 11) is -3.55. The minimum Gasteiger partial charge on any atom is -0.489 e. The van der Waals surface area contributed by atoms with Crippen LogP contribution in [0.5, 0.6) is 5.75 Å². The molecule has 0 saturated carbocycles. The van der Waals surface area contributed by atoms with Crippen LogP contribution in [0.2, 0.25) is 0 Å². The number of nitrogens with one attached hydrogen (secondary N) is 2. The van der Waals surface area contributed by atoms with Gasteiger partial charge in [0.2, 0.25) is 10.0 Å². The highest BCUT2D eigenvalue weighted by Crippen LogP contribution is 2.44. The van der Waals surface area contributed by atoms with Crippen molar-refractivity contribution >= 4 is 63.0 Å². The van der Waals surface area contributed by atoms with Gasteiger partial charge in [-0.05, 0) is 64.7 Å². The molecule has 1 aliphatic rings. The van der Waals surface area contributed by atoms with Crippen LogP contribution in [0.3, 0.4) is 0 Å². The Morgan fingerprint density at radius 3 is 2.17 bits per heavy atom. The van der Waals surface area contributed by atoms with E-state index < -0.39 is 16.1 Å². The highest BCUT2D eigenvalue weighted by atomic mass is 35.5. The van der Waals surface area contributed by atoms with Crippen LogP contribution in [0.1, 0.15) is 40.8 Å². The Bertz CT molecular complexity index is 1680. The van der Waals surface area contributed by atoms with Crippen LogP contribution in [0.4, 0.5) is 5.69 Å². The molecule has 6 N–H and O–H groups in total. The summed E-state index contributed by atoms with van der Waals surface area (Å²) in [5.41, 5.74) is 15.9. The first kappa shape index (κ1) is 30.7. The van der Waals surface area contributed by atoms with Gasteiger partial charge in [-0.25, -0.2) is 8.42 Å². The average molecular weight is 601 g/mol. The summed E-state index contributed by atoms with van der Waals surface area (Å²) >= 11 is 0. The Hall–Kier alpha value is -3.79. The van der Waals surface area contributed by atoms with Crippen molar-refractivity contribution in [1.29, 1.82) is 10.8 Å². The topological polar surface area (TPSA) is 146 Å². The molecule has 0 spiro atoms. The second-order valence-electron chi connectivity index (χ2n) is 9.34. The standard InChI is InChI=1S/C29H29N5O3S.2ClH/c1-2-38(35,36)34-26-12-11-25(37-17-18-3-5-20(6-4-18)28(30)31)15-24(26)16-27(34)21-9-7-19-8-10-22(29(32)33)14-23(19)13-21;;/h3-15,27H,2,16-17H2,1H3,(H3,30,31)(H3,32,33);2*1H. The first-order valence-corrected chi connectivity index (χ1v) is 13.9. The van der Waals surface area contributed by atoms with Crippen molar-refractivity contribution in [2.45, 2.75) is 26.0 Å². The third-order valence-electron chi connectivity index (χ3n) is 6.88. The fourth-order valence-corrected chi connectivity index (χ4v) is 6.15. The molecule has 0 fully saturated rings. The quantitative estimate of drug-likeness (QED) is 0.161. The third-order valence-corrected chi connectivity index (χ3v) is 8.66. The molecule has 210 valence electrons. The van der Waals surface area contributed by atoms with E-state index in [0.29, 0.717) is 35.6 Å². The normalized spacial score (nSPS) is 14.1. The molecule has 0 bridgehead atoms. The number of anilines is 1. The molecule has 5 rings (SSSR count). The number of amidine groups is 2. The summed E-state index contributed by atoms with van der Waals surface area (Å²) in [5, 5.41) is 17.2. The van der Waals surface area contributed by atoms with E-state index in [1.165, 1.54) is 4.31 Å². The van der Waals surface area contributed by atoms with Crippen LogP contribution in [-0.4, -0.2) is 25.8 Å². The molecular weight excluding hydrogens is 569 g/mol. The molecule has 0 radical (unpaired) electrons. The Morgan fingerprint density at radius 2 is 1.52 bits per heavy atom. The molecule has 0 aliphatic carbocycles. The number of hydrogen-bond acceptors (Lipinski definition) is 5. The van der Waals surface area contributed by atoms with E-state index in [1.807, 2.05) is 60.7 Å². The lowest BCUT2D eigenvalue weighted by atomic mass is 9.98. The van der Waals surface area contributed by atoms with Gasteiger partial charge < -0.3 is 16.2 Å². The fourth-order valence-electron chi connectivity index (χ4n) is 4.81. The summed E-state index contributed by atoms with van der Waals surface area (Å²) in [6.07, 6.45) is 0.511. The highest BCUT2D eigenvalue weighted by molar-refractivity contribution is 7.92. The molecule has 0 aromatic heterocycles. The number of hydrogen-bond donors (Lipinski definition) is 4. The maximum Gasteiger partial charge on any atom is 0.235 e. The van der Waals surface area contributed by atoms with Crippen molar-refractivity contribution in [2.24, 2.45) is 11.5 Å². The molecule has 1 atom stereocenters. The molecular formula is C29H31Cl2N5O3S. The van der Waals surface area contributed by atoms with Crippen molar-refractivity contribution in [2.75, 3.05) is 10.1 Å². The van der Waals surface area contributed by atoms with Crippen LogP contribution in [0.25, 0.3) is 10.8 Å². The van der Waals surface area contributed by atoms with Gasteiger partial charge in [0.25, 0.3) is 0 Å². The van der Waals surface area contributed by atoms with Crippen molar-refractivity contribution in [3.63, 3.8) is 0 Å². The monoisotopic (exact) mass is 599 g/mol. The second-order valence-corrected chi connectivity index (χ2v) is 11.5. The van der Waals surface area contributed by atoms with E-state index in [0.717, 1.165) is 27.5 Å². The summed E-state index contributed by atoms with van der Waals surface area (Å²) in [4.78, 5) is 0. The number of nitrogen functional groups attached to an aromatic ring is 2. The van der Waals surface area contributed by atoms with Gasteiger partial charge in [-0.3, -0.25) is 15.1 Å². The number of rotatable bonds is 8. The fraction of sp³-hybridized carbons (Fsp3) is 0.172. The van der Waals surface area contributed by atoms with E-state index >= 15 is 0 Å². The predicted molar refractivity (Wildman–Crippen MR) is 166 cm³/mol. The van der Waals surface area contributed by atoms with Crippen LogP contribution in [-0.2, 0) is 23.1 Å². The van der Waals surface area contributed by atoms with E-state index in [2.05, 4.69) is 0 Å². The molecule has 40 heavy (non-hydrogen) atoms. The maximum absolute atomic E-state index is 13.3. The number of halogens is 2. The van der Waals surface area contributed by atoms with Crippen LogP contribution < -0.4 is 20.5 Å². The highest BCUT2D eigenvalue weighted by Gasteiger charge is 2.38. The van der Waals surface area contributed by atoms with Crippen molar-refractivity contribution in [1.82, 2.24) is 0 Å². The number of benzene rings is 4. The van der Waals surface area contributed by atoms with Gasteiger partial charge in [-0.15, -0.1) is 24.8 Å². The molecule has 0 saturated heterocycles. The summed E-state index contributed by atoms with van der Waals surface area (Å²) in [6, 6.07) is 23.9. The van der Waals surface area contributed by atoms with Gasteiger partial charge in [0, 0.05) is 17.5 Å². The van der Waals surface area contributed by atoms with Gasteiger partial charge in [-0.1, -0.05) is 48.5 Å². The lowest BCUT2D eigenvalue weighted by Crippen LogP contribution is -2.33. The number of ether oxygens (including phenoxy) is 1. The molecule has 4 aromatic carbocycles. The largest absolute Gasteiger partial charge is 0.489 e. The third kappa shape index (κ3) is 6.01. The minimum absolute atomic E-state index is 0. The summed E-state index contributed by atoms with van der Waals surface area (Å²) < 4.78 is 34.0. The van der Waals surface area contributed by atoms with Crippen molar-refractivity contribution < 1.29 is 13.2 Å². The van der Waals surface area contributed by atoms with E-state index in [9.17, 15) is 8.42 Å². The Morgan fingerprint density at radius 1 is 0.875 bits per heavy atom. The zero-order valence-corrected chi connectivity index (χ0v) is 24.2. The number of fused-ring (bicyclic) bond motifs is 2. The van der Waals surface area contributed by atoms with Gasteiger partial charge in [0.05, 0.1) is 17.5 Å². The minimum atomic E-state index is -3.55. The van der Waals surface area contributed by atoms with Gasteiger partial charge in [-0.2, -0.15) is 0 Å². The SMILES string of the molecule is CCS(=O)(=O)N1c2ccc(OCc3ccc(C(=N)N)cc3)cc2CC1c1ccc2ccc(C(=N)N)cc2c1.Cl.Cl.